The number of aromatic nitrogens is 4. The highest BCUT2D eigenvalue weighted by molar-refractivity contribution is 6.33. The van der Waals surface area contributed by atoms with Gasteiger partial charge in [-0.25, -0.2) is 4.98 Å². The molecule has 4 rings (SSSR count). The smallest absolute Gasteiger partial charge is 0.254 e. The van der Waals surface area contributed by atoms with Crippen molar-refractivity contribution in [3.8, 4) is 11.4 Å². The zero-order valence-electron chi connectivity index (χ0n) is 15.7. The SMILES string of the molecule is CN(Cc1nc(-c2ccccc2Cl)no1)C(=O)c1ccc(Cn2ccnc2)cc1. The van der Waals surface area contributed by atoms with E-state index in [9.17, 15) is 4.79 Å². The van der Waals surface area contributed by atoms with Gasteiger partial charge in [-0.05, 0) is 29.8 Å². The molecule has 0 aliphatic carbocycles. The van der Waals surface area contributed by atoms with Gasteiger partial charge in [0.2, 0.25) is 11.7 Å². The van der Waals surface area contributed by atoms with Crippen LogP contribution in [0.15, 0.2) is 71.8 Å². The van der Waals surface area contributed by atoms with Crippen LogP contribution in [0, 0.1) is 0 Å². The van der Waals surface area contributed by atoms with Crippen molar-refractivity contribution in [1.29, 1.82) is 0 Å². The van der Waals surface area contributed by atoms with Crippen LogP contribution in [-0.4, -0.2) is 37.5 Å². The fourth-order valence-corrected chi connectivity index (χ4v) is 3.13. The highest BCUT2D eigenvalue weighted by Gasteiger charge is 2.17. The quantitative estimate of drug-likeness (QED) is 0.484. The van der Waals surface area contributed by atoms with Crippen LogP contribution in [0.1, 0.15) is 21.8 Å². The number of rotatable bonds is 6. The molecule has 7 nitrogen and oxygen atoms in total. The summed E-state index contributed by atoms with van der Waals surface area (Å²) in [5.41, 5.74) is 2.36. The second-order valence-electron chi connectivity index (χ2n) is 6.58. The molecule has 2 heterocycles. The second kappa shape index (κ2) is 8.28. The first-order valence-corrected chi connectivity index (χ1v) is 9.35. The molecule has 0 saturated carbocycles. The van der Waals surface area contributed by atoms with Gasteiger partial charge in [-0.3, -0.25) is 4.79 Å². The lowest BCUT2D eigenvalue weighted by molar-refractivity contribution is 0.0769. The van der Waals surface area contributed by atoms with E-state index < -0.39 is 0 Å². The molecule has 8 heteroatoms. The van der Waals surface area contributed by atoms with Gasteiger partial charge in [0.05, 0.1) is 17.9 Å². The van der Waals surface area contributed by atoms with E-state index in [1.165, 1.54) is 4.90 Å². The Morgan fingerprint density at radius 1 is 1.17 bits per heavy atom. The third kappa shape index (κ3) is 4.35. The van der Waals surface area contributed by atoms with Gasteiger partial charge >= 0.3 is 0 Å². The summed E-state index contributed by atoms with van der Waals surface area (Å²) in [6, 6.07) is 14.8. The van der Waals surface area contributed by atoms with E-state index in [1.54, 1.807) is 25.6 Å². The first kappa shape index (κ1) is 18.9. The van der Waals surface area contributed by atoms with Crippen molar-refractivity contribution < 1.29 is 9.32 Å². The summed E-state index contributed by atoms with van der Waals surface area (Å²) in [6.45, 7) is 0.907. The first-order valence-electron chi connectivity index (χ1n) is 8.98. The summed E-state index contributed by atoms with van der Waals surface area (Å²) < 4.78 is 7.25. The lowest BCUT2D eigenvalue weighted by Gasteiger charge is -2.15. The Morgan fingerprint density at radius 3 is 2.69 bits per heavy atom. The fourth-order valence-electron chi connectivity index (χ4n) is 2.91. The van der Waals surface area contributed by atoms with Crippen LogP contribution >= 0.6 is 11.6 Å². The van der Waals surface area contributed by atoms with Crippen LogP contribution in [0.5, 0.6) is 0 Å². The third-order valence-corrected chi connectivity index (χ3v) is 4.76. The Morgan fingerprint density at radius 2 is 1.97 bits per heavy atom. The average Bonchev–Trinajstić information content (AvgIpc) is 3.40. The lowest BCUT2D eigenvalue weighted by Crippen LogP contribution is -2.26. The predicted molar refractivity (Wildman–Crippen MR) is 108 cm³/mol. The molecule has 0 aliphatic heterocycles. The molecule has 0 fully saturated rings. The van der Waals surface area contributed by atoms with Gasteiger partial charge in [0.25, 0.3) is 5.91 Å². The number of carbonyl (C=O) groups is 1. The van der Waals surface area contributed by atoms with E-state index in [0.717, 1.165) is 5.56 Å². The molecule has 1 amide bonds. The van der Waals surface area contributed by atoms with E-state index in [-0.39, 0.29) is 12.5 Å². The molecule has 0 radical (unpaired) electrons. The minimum Gasteiger partial charge on any atom is -0.337 e. The van der Waals surface area contributed by atoms with Crippen molar-refractivity contribution in [1.82, 2.24) is 24.6 Å². The number of nitrogens with zero attached hydrogens (tertiary/aromatic N) is 5. The molecule has 0 unspecified atom stereocenters. The van der Waals surface area contributed by atoms with E-state index in [1.807, 2.05) is 53.2 Å². The van der Waals surface area contributed by atoms with Crippen molar-refractivity contribution in [3.05, 3.63) is 89.3 Å². The van der Waals surface area contributed by atoms with Crippen molar-refractivity contribution in [2.75, 3.05) is 7.05 Å². The van der Waals surface area contributed by atoms with Gasteiger partial charge in [-0.2, -0.15) is 4.98 Å². The van der Waals surface area contributed by atoms with Crippen molar-refractivity contribution >= 4 is 17.5 Å². The fraction of sp³-hybridized carbons (Fsp3) is 0.143. The highest BCUT2D eigenvalue weighted by Crippen LogP contribution is 2.25. The molecule has 4 aromatic rings. The van der Waals surface area contributed by atoms with Crippen LogP contribution in [0.2, 0.25) is 5.02 Å². The summed E-state index contributed by atoms with van der Waals surface area (Å²) in [4.78, 5) is 22.6. The van der Waals surface area contributed by atoms with E-state index in [4.69, 9.17) is 16.1 Å². The van der Waals surface area contributed by atoms with Crippen LogP contribution in [-0.2, 0) is 13.1 Å². The molecule has 2 aromatic carbocycles. The van der Waals surface area contributed by atoms with Crippen LogP contribution in [0.25, 0.3) is 11.4 Å². The predicted octanol–water partition coefficient (Wildman–Crippen LogP) is 3.91. The Balaban J connectivity index is 1.41. The molecule has 0 N–H and O–H groups in total. The maximum atomic E-state index is 12.7. The topological polar surface area (TPSA) is 77.0 Å². The van der Waals surface area contributed by atoms with Gasteiger partial charge < -0.3 is 14.0 Å². The maximum absolute atomic E-state index is 12.7. The maximum Gasteiger partial charge on any atom is 0.254 e. The monoisotopic (exact) mass is 407 g/mol. The minimum absolute atomic E-state index is 0.128. The van der Waals surface area contributed by atoms with E-state index in [0.29, 0.717) is 34.4 Å². The van der Waals surface area contributed by atoms with Gasteiger partial charge in [-0.15, -0.1) is 0 Å². The molecule has 0 atom stereocenters. The molecule has 29 heavy (non-hydrogen) atoms. The number of benzene rings is 2. The van der Waals surface area contributed by atoms with Crippen molar-refractivity contribution in [2.24, 2.45) is 0 Å². The Kier molecular flexibility index (Phi) is 5.39. The zero-order chi connectivity index (χ0) is 20.2. The normalized spacial score (nSPS) is 10.8. The molecular weight excluding hydrogens is 390 g/mol. The summed E-state index contributed by atoms with van der Waals surface area (Å²) in [7, 11) is 1.70. The number of amides is 1. The lowest BCUT2D eigenvalue weighted by atomic mass is 10.1. The summed E-state index contributed by atoms with van der Waals surface area (Å²) >= 11 is 6.17. The zero-order valence-corrected chi connectivity index (χ0v) is 16.5. The van der Waals surface area contributed by atoms with E-state index in [2.05, 4.69) is 15.1 Å². The van der Waals surface area contributed by atoms with Gasteiger partial charge in [0.15, 0.2) is 0 Å². The Hall–Kier alpha value is -3.45. The molecule has 0 spiro atoms. The molecule has 0 bridgehead atoms. The van der Waals surface area contributed by atoms with E-state index >= 15 is 0 Å². The number of hydrogen-bond acceptors (Lipinski definition) is 5. The molecule has 0 saturated heterocycles. The number of carbonyl (C=O) groups excluding carboxylic acids is 1. The highest BCUT2D eigenvalue weighted by atomic mass is 35.5. The minimum atomic E-state index is -0.128. The Labute approximate surface area is 172 Å². The molecule has 2 aromatic heterocycles. The standard InChI is InChI=1S/C21H18ClN5O2/c1-26(13-19-24-20(25-29-19)17-4-2-3-5-18(17)22)21(28)16-8-6-15(7-9-16)12-27-11-10-23-14-27/h2-11,14H,12-13H2,1H3. The molecular formula is C21H18ClN5O2. The Bertz CT molecular complexity index is 1110. The number of imidazole rings is 1. The summed E-state index contributed by atoms with van der Waals surface area (Å²) in [6.07, 6.45) is 5.39. The van der Waals surface area contributed by atoms with Gasteiger partial charge in [0, 0.05) is 37.1 Å². The molecule has 0 aliphatic rings. The largest absolute Gasteiger partial charge is 0.337 e. The number of hydrogen-bond donors (Lipinski definition) is 0. The summed E-state index contributed by atoms with van der Waals surface area (Å²) in [5.74, 6) is 0.611. The third-order valence-electron chi connectivity index (χ3n) is 4.43. The van der Waals surface area contributed by atoms with Crippen LogP contribution in [0.4, 0.5) is 0 Å². The van der Waals surface area contributed by atoms with Crippen molar-refractivity contribution in [2.45, 2.75) is 13.1 Å². The van der Waals surface area contributed by atoms with Gasteiger partial charge in [0.1, 0.15) is 0 Å². The van der Waals surface area contributed by atoms with Crippen LogP contribution < -0.4 is 0 Å². The van der Waals surface area contributed by atoms with Crippen molar-refractivity contribution in [3.63, 3.8) is 0 Å². The number of halogens is 1. The first-order chi connectivity index (χ1) is 14.1. The summed E-state index contributed by atoms with van der Waals surface area (Å²) in [5, 5.41) is 4.51. The van der Waals surface area contributed by atoms with Gasteiger partial charge in [-0.1, -0.05) is 41.0 Å². The average molecular weight is 408 g/mol. The van der Waals surface area contributed by atoms with Crippen LogP contribution in [0.3, 0.4) is 0 Å². The second-order valence-corrected chi connectivity index (χ2v) is 6.99. The molecule has 146 valence electrons.